The molecule has 1 unspecified atom stereocenters. The number of halogens is 2. The summed E-state index contributed by atoms with van der Waals surface area (Å²) in [5, 5.41) is 3.16. The highest BCUT2D eigenvalue weighted by Gasteiger charge is 2.44. The molecule has 0 aromatic carbocycles. The first kappa shape index (κ1) is 9.33. The predicted molar refractivity (Wildman–Crippen MR) is 57.6 cm³/mol. The van der Waals surface area contributed by atoms with Crippen LogP contribution in [0.5, 0.6) is 0 Å². The minimum atomic E-state index is -0.584. The van der Waals surface area contributed by atoms with Crippen molar-refractivity contribution in [3.05, 3.63) is 20.4 Å². The van der Waals surface area contributed by atoms with Gasteiger partial charge in [-0.25, -0.2) is 4.79 Å². The van der Waals surface area contributed by atoms with E-state index in [1.165, 1.54) is 0 Å². The summed E-state index contributed by atoms with van der Waals surface area (Å²) in [5.41, 5.74) is 0.0963. The molecule has 5 heteroatoms. The lowest BCUT2D eigenvalue weighted by Gasteiger charge is -2.26. The fourth-order valence-corrected chi connectivity index (χ4v) is 3.14. The maximum absolute atomic E-state index is 11.0. The van der Waals surface area contributed by atoms with E-state index >= 15 is 0 Å². The topological polar surface area (TPSA) is 38.3 Å². The van der Waals surface area contributed by atoms with Gasteiger partial charge in [0.2, 0.25) is 0 Å². The minimum absolute atomic E-state index is 0.421. The highest BCUT2D eigenvalue weighted by atomic mass is 127. The monoisotopic (exact) mass is 311 g/mol. The smallest absolute Gasteiger partial charge is 0.412 e. The molecule has 1 amide bonds. The fourth-order valence-electron chi connectivity index (χ4n) is 1.54. The van der Waals surface area contributed by atoms with Gasteiger partial charge in [-0.3, -0.25) is 5.32 Å². The first-order chi connectivity index (χ1) is 6.01. The molecule has 3 nitrogen and oxygen atoms in total. The number of ether oxygens (including phenoxy) is 1. The zero-order valence-electron chi connectivity index (χ0n) is 6.86. The number of nitrogens with one attached hydrogen (secondary N) is 1. The normalized spacial score (nSPS) is 32.2. The lowest BCUT2D eigenvalue weighted by molar-refractivity contribution is 0.0854. The van der Waals surface area contributed by atoms with Crippen LogP contribution in [0, 0.1) is 0 Å². The van der Waals surface area contributed by atoms with Crippen LogP contribution in [0.25, 0.3) is 0 Å². The molecule has 2 rings (SSSR count). The quantitative estimate of drug-likeness (QED) is 0.699. The third kappa shape index (κ3) is 1.46. The largest absolute Gasteiger partial charge is 0.436 e. The van der Waals surface area contributed by atoms with Gasteiger partial charge in [-0.15, -0.1) is 0 Å². The van der Waals surface area contributed by atoms with Crippen molar-refractivity contribution < 1.29 is 9.53 Å². The van der Waals surface area contributed by atoms with Crippen LogP contribution in [0.15, 0.2) is 20.4 Å². The average molecular weight is 312 g/mol. The highest BCUT2D eigenvalue weighted by Crippen LogP contribution is 2.41. The molecule has 0 aromatic heterocycles. The Morgan fingerprint density at radius 3 is 3.15 bits per heavy atom. The van der Waals surface area contributed by atoms with Crippen LogP contribution in [0.3, 0.4) is 0 Å². The van der Waals surface area contributed by atoms with Crippen LogP contribution < -0.4 is 5.32 Å². The van der Waals surface area contributed by atoms with E-state index in [0.29, 0.717) is 17.2 Å². The van der Waals surface area contributed by atoms with Crippen LogP contribution in [-0.4, -0.2) is 11.7 Å². The van der Waals surface area contributed by atoms with E-state index in [4.69, 9.17) is 16.3 Å². The second-order valence-electron chi connectivity index (χ2n) is 3.24. The molecule has 70 valence electrons. The van der Waals surface area contributed by atoms with Crippen molar-refractivity contribution in [2.24, 2.45) is 0 Å². The number of rotatable bonds is 0. The molecule has 0 spiro atoms. The molecule has 0 bridgehead atoms. The van der Waals surface area contributed by atoms with Gasteiger partial charge in [-0.05, 0) is 39.2 Å². The summed E-state index contributed by atoms with van der Waals surface area (Å²) in [5.74, 6) is 0. The molecule has 2 aliphatic rings. The van der Waals surface area contributed by atoms with Crippen molar-refractivity contribution in [3.63, 3.8) is 0 Å². The molecule has 1 saturated heterocycles. The summed E-state index contributed by atoms with van der Waals surface area (Å²) in [6.07, 6.45) is 2.11. The van der Waals surface area contributed by atoms with Crippen molar-refractivity contribution in [3.8, 4) is 0 Å². The fraction of sp³-hybridized carbons (Fsp3) is 0.375. The number of hydrogen-bond acceptors (Lipinski definition) is 2. The van der Waals surface area contributed by atoms with Gasteiger partial charge >= 0.3 is 6.09 Å². The van der Waals surface area contributed by atoms with Crippen LogP contribution in [0.2, 0.25) is 0 Å². The predicted octanol–water partition coefficient (Wildman–Crippen LogP) is 2.66. The van der Waals surface area contributed by atoms with Gasteiger partial charge in [0, 0.05) is 6.42 Å². The third-order valence-corrected chi connectivity index (χ3v) is 3.09. The van der Waals surface area contributed by atoms with Gasteiger partial charge in [-0.2, -0.15) is 0 Å². The van der Waals surface area contributed by atoms with Crippen molar-refractivity contribution >= 4 is 40.3 Å². The first-order valence-corrected chi connectivity index (χ1v) is 5.23. The molecule has 1 aliphatic carbocycles. The number of carbonyl (C=O) groups is 1. The van der Waals surface area contributed by atoms with Crippen molar-refractivity contribution in [1.82, 2.24) is 5.32 Å². The number of alkyl carbamates (subject to hydrolysis) is 1. The molecular formula is C8H7ClINO2. The Bertz CT molecular complexity index is 350. The minimum Gasteiger partial charge on any atom is -0.436 e. The molecule has 1 heterocycles. The number of amides is 1. The second kappa shape index (κ2) is 2.88. The average Bonchev–Trinajstić information content (AvgIpc) is 2.23. The summed E-state index contributed by atoms with van der Waals surface area (Å²) in [6, 6.07) is 0. The summed E-state index contributed by atoms with van der Waals surface area (Å²) in [7, 11) is 0. The molecule has 1 N–H and O–H groups in total. The van der Waals surface area contributed by atoms with Gasteiger partial charge in [0.1, 0.15) is 0 Å². The van der Waals surface area contributed by atoms with E-state index in [2.05, 4.69) is 27.9 Å². The summed E-state index contributed by atoms with van der Waals surface area (Å²) in [6.45, 7) is 1.86. The van der Waals surface area contributed by atoms with Crippen LogP contribution in [-0.2, 0) is 4.74 Å². The Morgan fingerprint density at radius 2 is 2.46 bits per heavy atom. The second-order valence-corrected chi connectivity index (χ2v) is 5.03. The number of fused-ring (bicyclic) bond motifs is 1. The summed E-state index contributed by atoms with van der Waals surface area (Å²) >= 11 is 8.16. The van der Waals surface area contributed by atoms with Gasteiger partial charge in [0.25, 0.3) is 0 Å². The van der Waals surface area contributed by atoms with E-state index < -0.39 is 11.7 Å². The molecule has 0 aromatic rings. The van der Waals surface area contributed by atoms with Crippen molar-refractivity contribution in [2.45, 2.75) is 18.9 Å². The molecule has 13 heavy (non-hydrogen) atoms. The lowest BCUT2D eigenvalue weighted by atomic mass is 9.94. The van der Waals surface area contributed by atoms with Gasteiger partial charge < -0.3 is 4.74 Å². The molecule has 0 radical (unpaired) electrons. The standard InChI is InChI=1S/C8H7ClINO2/c1-8-3-4(10)2-5(9)6(8)11-7(12)13-8/h2H,3H2,1H3,(H,11,12). The Balaban J connectivity index is 2.48. The molecule has 1 fully saturated rings. The highest BCUT2D eigenvalue weighted by molar-refractivity contribution is 14.1. The van der Waals surface area contributed by atoms with Crippen LogP contribution in [0.4, 0.5) is 4.79 Å². The first-order valence-electron chi connectivity index (χ1n) is 3.77. The van der Waals surface area contributed by atoms with E-state index in [1.54, 1.807) is 0 Å². The number of hydrogen-bond donors (Lipinski definition) is 1. The summed E-state index contributed by atoms with van der Waals surface area (Å²) in [4.78, 5) is 11.0. The zero-order chi connectivity index (χ0) is 9.64. The van der Waals surface area contributed by atoms with Crippen molar-refractivity contribution in [1.29, 1.82) is 0 Å². The Morgan fingerprint density at radius 1 is 1.77 bits per heavy atom. The van der Waals surface area contributed by atoms with Crippen LogP contribution >= 0.6 is 34.2 Å². The van der Waals surface area contributed by atoms with Gasteiger partial charge in [0.15, 0.2) is 5.60 Å². The number of carbonyl (C=O) groups excluding carboxylic acids is 1. The van der Waals surface area contributed by atoms with Crippen molar-refractivity contribution in [2.75, 3.05) is 0 Å². The van der Waals surface area contributed by atoms with E-state index in [-0.39, 0.29) is 0 Å². The maximum Gasteiger partial charge on any atom is 0.412 e. The SMILES string of the molecule is CC12CC(I)=CC(Cl)=C1NC(=O)O2. The lowest BCUT2D eigenvalue weighted by Crippen LogP contribution is -2.29. The van der Waals surface area contributed by atoms with Crippen LogP contribution in [0.1, 0.15) is 13.3 Å². The van der Waals surface area contributed by atoms with E-state index in [1.807, 2.05) is 13.0 Å². The maximum atomic E-state index is 11.0. The Kier molecular flexibility index (Phi) is 2.07. The molecule has 1 atom stereocenters. The molecular weight excluding hydrogens is 304 g/mol. The Hall–Kier alpha value is -0.230. The Labute approximate surface area is 94.3 Å². The van der Waals surface area contributed by atoms with E-state index in [0.717, 1.165) is 3.58 Å². The molecule has 0 saturated carbocycles. The van der Waals surface area contributed by atoms with Gasteiger partial charge in [-0.1, -0.05) is 11.6 Å². The summed E-state index contributed by atoms with van der Waals surface area (Å²) < 4.78 is 6.24. The number of allylic oxidation sites excluding steroid dienone is 2. The third-order valence-electron chi connectivity index (χ3n) is 2.10. The molecule has 1 aliphatic heterocycles. The van der Waals surface area contributed by atoms with Gasteiger partial charge in [0.05, 0.1) is 10.7 Å². The zero-order valence-corrected chi connectivity index (χ0v) is 9.77. The van der Waals surface area contributed by atoms with E-state index in [9.17, 15) is 4.79 Å².